The SMILES string of the molecule is Fc1ccc(N2CCN(C(=S)c3ccc(-c4ccccc4)cc3)CC2)cc1. The van der Waals surface area contributed by atoms with E-state index in [1.165, 1.54) is 23.3 Å². The van der Waals surface area contributed by atoms with E-state index in [0.29, 0.717) is 0 Å². The molecule has 1 aliphatic heterocycles. The molecule has 2 nitrogen and oxygen atoms in total. The van der Waals surface area contributed by atoms with Gasteiger partial charge in [0, 0.05) is 37.4 Å². The van der Waals surface area contributed by atoms with Crippen molar-refractivity contribution in [1.29, 1.82) is 0 Å². The van der Waals surface area contributed by atoms with Crippen molar-refractivity contribution < 1.29 is 4.39 Å². The second kappa shape index (κ2) is 7.89. The molecule has 136 valence electrons. The largest absolute Gasteiger partial charge is 0.368 e. The first-order valence-electron chi connectivity index (χ1n) is 9.16. The average Bonchev–Trinajstić information content (AvgIpc) is 2.75. The Kier molecular flexibility index (Phi) is 5.16. The van der Waals surface area contributed by atoms with Gasteiger partial charge in [0.05, 0.1) is 0 Å². The van der Waals surface area contributed by atoms with Crippen LogP contribution in [0.4, 0.5) is 10.1 Å². The van der Waals surface area contributed by atoms with Gasteiger partial charge < -0.3 is 9.80 Å². The number of piperazine rings is 1. The molecule has 3 aromatic carbocycles. The topological polar surface area (TPSA) is 6.48 Å². The van der Waals surface area contributed by atoms with Crippen molar-refractivity contribution in [3.8, 4) is 11.1 Å². The number of hydrogen-bond donors (Lipinski definition) is 0. The number of rotatable bonds is 3. The molecule has 3 aromatic rings. The van der Waals surface area contributed by atoms with Crippen molar-refractivity contribution in [3.63, 3.8) is 0 Å². The van der Waals surface area contributed by atoms with E-state index < -0.39 is 0 Å². The van der Waals surface area contributed by atoms with Crippen LogP contribution in [0.1, 0.15) is 5.56 Å². The van der Waals surface area contributed by atoms with Gasteiger partial charge >= 0.3 is 0 Å². The lowest BCUT2D eigenvalue weighted by Crippen LogP contribution is -2.48. The lowest BCUT2D eigenvalue weighted by molar-refractivity contribution is 0.392. The molecule has 0 atom stereocenters. The Bertz CT molecular complexity index is 899. The summed E-state index contributed by atoms with van der Waals surface area (Å²) in [7, 11) is 0. The molecule has 27 heavy (non-hydrogen) atoms. The molecule has 4 heteroatoms. The summed E-state index contributed by atoms with van der Waals surface area (Å²) in [6.45, 7) is 3.51. The van der Waals surface area contributed by atoms with Crippen LogP contribution in [-0.2, 0) is 0 Å². The highest BCUT2D eigenvalue weighted by molar-refractivity contribution is 7.80. The Labute approximate surface area is 164 Å². The summed E-state index contributed by atoms with van der Waals surface area (Å²) in [5.74, 6) is -0.197. The summed E-state index contributed by atoms with van der Waals surface area (Å²) >= 11 is 5.73. The van der Waals surface area contributed by atoms with E-state index in [1.807, 2.05) is 18.2 Å². The van der Waals surface area contributed by atoms with Gasteiger partial charge in [-0.3, -0.25) is 0 Å². The molecule has 4 rings (SSSR count). The zero-order valence-corrected chi connectivity index (χ0v) is 15.8. The number of benzene rings is 3. The fourth-order valence-corrected chi connectivity index (χ4v) is 3.76. The Hall–Kier alpha value is -2.72. The number of halogens is 1. The third-order valence-corrected chi connectivity index (χ3v) is 5.49. The summed E-state index contributed by atoms with van der Waals surface area (Å²) < 4.78 is 13.1. The Morgan fingerprint density at radius 3 is 1.93 bits per heavy atom. The van der Waals surface area contributed by atoms with Crippen molar-refractivity contribution in [2.75, 3.05) is 31.1 Å². The highest BCUT2D eigenvalue weighted by Gasteiger charge is 2.20. The molecular formula is C23H21FN2S. The summed E-state index contributed by atoms with van der Waals surface area (Å²) in [5, 5.41) is 0. The Balaban J connectivity index is 1.40. The normalized spacial score (nSPS) is 14.3. The van der Waals surface area contributed by atoms with Crippen LogP contribution in [0, 0.1) is 5.82 Å². The molecule has 1 fully saturated rings. The number of nitrogens with zero attached hydrogens (tertiary/aromatic N) is 2. The second-order valence-electron chi connectivity index (χ2n) is 6.70. The van der Waals surface area contributed by atoms with Gasteiger partial charge in [0.1, 0.15) is 10.8 Å². The van der Waals surface area contributed by atoms with Gasteiger partial charge in [-0.2, -0.15) is 0 Å². The first-order valence-corrected chi connectivity index (χ1v) is 9.57. The van der Waals surface area contributed by atoms with E-state index in [0.717, 1.165) is 42.4 Å². The number of anilines is 1. The average molecular weight is 377 g/mol. The minimum atomic E-state index is -0.197. The van der Waals surface area contributed by atoms with Crippen LogP contribution in [0.3, 0.4) is 0 Å². The van der Waals surface area contributed by atoms with Crippen molar-refractivity contribution in [2.45, 2.75) is 0 Å². The minimum absolute atomic E-state index is 0.197. The molecule has 1 aliphatic rings. The van der Waals surface area contributed by atoms with Crippen molar-refractivity contribution in [3.05, 3.63) is 90.2 Å². The molecule has 0 aromatic heterocycles. The van der Waals surface area contributed by atoms with Gasteiger partial charge in [-0.05, 0) is 35.4 Å². The smallest absolute Gasteiger partial charge is 0.123 e. The summed E-state index contributed by atoms with van der Waals surface area (Å²) in [6.07, 6.45) is 0. The predicted molar refractivity (Wildman–Crippen MR) is 114 cm³/mol. The molecule has 0 spiro atoms. The van der Waals surface area contributed by atoms with Crippen LogP contribution < -0.4 is 4.90 Å². The van der Waals surface area contributed by atoms with Crippen LogP contribution in [0.25, 0.3) is 11.1 Å². The molecule has 0 aliphatic carbocycles. The van der Waals surface area contributed by atoms with E-state index >= 15 is 0 Å². The molecule has 0 saturated carbocycles. The fraction of sp³-hybridized carbons (Fsp3) is 0.174. The lowest BCUT2D eigenvalue weighted by atomic mass is 10.0. The van der Waals surface area contributed by atoms with Gasteiger partial charge in [-0.1, -0.05) is 66.8 Å². The minimum Gasteiger partial charge on any atom is -0.368 e. The van der Waals surface area contributed by atoms with Crippen LogP contribution in [-0.4, -0.2) is 36.1 Å². The van der Waals surface area contributed by atoms with Gasteiger partial charge in [0.25, 0.3) is 0 Å². The molecule has 0 N–H and O–H groups in total. The van der Waals surface area contributed by atoms with Crippen molar-refractivity contribution in [2.24, 2.45) is 0 Å². The fourth-order valence-electron chi connectivity index (χ4n) is 3.44. The van der Waals surface area contributed by atoms with Crippen LogP contribution in [0.5, 0.6) is 0 Å². The van der Waals surface area contributed by atoms with Gasteiger partial charge in [-0.25, -0.2) is 4.39 Å². The summed E-state index contributed by atoms with van der Waals surface area (Å²) in [4.78, 5) is 5.43. The molecule has 1 saturated heterocycles. The van der Waals surface area contributed by atoms with E-state index in [-0.39, 0.29) is 5.82 Å². The van der Waals surface area contributed by atoms with Crippen LogP contribution >= 0.6 is 12.2 Å². The molecule has 0 radical (unpaired) electrons. The maximum absolute atomic E-state index is 13.1. The number of thiocarbonyl (C=S) groups is 1. The Morgan fingerprint density at radius 2 is 1.30 bits per heavy atom. The standard InChI is InChI=1S/C23H21FN2S/c24-21-10-12-22(13-11-21)25-14-16-26(17-15-25)23(27)20-8-6-19(7-9-20)18-4-2-1-3-5-18/h1-13H,14-17H2. The van der Waals surface area contributed by atoms with E-state index in [9.17, 15) is 4.39 Å². The van der Waals surface area contributed by atoms with Gasteiger partial charge in [0.15, 0.2) is 0 Å². The number of hydrogen-bond acceptors (Lipinski definition) is 2. The Morgan fingerprint density at radius 1 is 0.704 bits per heavy atom. The summed E-state index contributed by atoms with van der Waals surface area (Å²) in [5.41, 5.74) is 4.56. The summed E-state index contributed by atoms with van der Waals surface area (Å²) in [6, 6.07) is 25.5. The monoisotopic (exact) mass is 376 g/mol. The highest BCUT2D eigenvalue weighted by Crippen LogP contribution is 2.21. The predicted octanol–water partition coefficient (Wildman–Crippen LogP) is 4.99. The molecular weight excluding hydrogens is 355 g/mol. The highest BCUT2D eigenvalue weighted by atomic mass is 32.1. The van der Waals surface area contributed by atoms with Crippen LogP contribution in [0.15, 0.2) is 78.9 Å². The maximum atomic E-state index is 13.1. The molecule has 0 bridgehead atoms. The maximum Gasteiger partial charge on any atom is 0.123 e. The van der Waals surface area contributed by atoms with Crippen molar-refractivity contribution in [1.82, 2.24) is 4.90 Å². The van der Waals surface area contributed by atoms with E-state index in [1.54, 1.807) is 0 Å². The third kappa shape index (κ3) is 4.01. The van der Waals surface area contributed by atoms with E-state index in [4.69, 9.17) is 12.2 Å². The zero-order valence-electron chi connectivity index (χ0n) is 15.0. The van der Waals surface area contributed by atoms with Gasteiger partial charge in [-0.15, -0.1) is 0 Å². The first kappa shape index (κ1) is 17.7. The quantitative estimate of drug-likeness (QED) is 0.595. The van der Waals surface area contributed by atoms with E-state index in [2.05, 4.69) is 58.3 Å². The molecule has 1 heterocycles. The third-order valence-electron chi connectivity index (χ3n) is 5.00. The molecule has 0 amide bonds. The first-order chi connectivity index (χ1) is 13.2. The van der Waals surface area contributed by atoms with Crippen molar-refractivity contribution >= 4 is 22.9 Å². The molecule has 0 unspecified atom stereocenters. The second-order valence-corrected chi connectivity index (χ2v) is 7.09. The van der Waals surface area contributed by atoms with Crippen LogP contribution in [0.2, 0.25) is 0 Å². The van der Waals surface area contributed by atoms with Gasteiger partial charge in [0.2, 0.25) is 0 Å². The zero-order chi connectivity index (χ0) is 18.6. The lowest BCUT2D eigenvalue weighted by Gasteiger charge is -2.37.